The van der Waals surface area contributed by atoms with Crippen LogP contribution in [0.25, 0.3) is 11.0 Å². The van der Waals surface area contributed by atoms with Crippen LogP contribution in [0.1, 0.15) is 54.9 Å². The van der Waals surface area contributed by atoms with E-state index in [1.807, 2.05) is 26.0 Å². The van der Waals surface area contributed by atoms with Gasteiger partial charge in [0, 0.05) is 24.7 Å². The molecule has 4 rings (SSSR count). The summed E-state index contributed by atoms with van der Waals surface area (Å²) < 4.78 is 10.2. The predicted octanol–water partition coefficient (Wildman–Crippen LogP) is 3.01. The molecule has 3 aromatic heterocycles. The topological polar surface area (TPSA) is 161 Å². The summed E-state index contributed by atoms with van der Waals surface area (Å²) >= 11 is 5.93. The molecule has 1 aromatic carbocycles. The van der Waals surface area contributed by atoms with Crippen molar-refractivity contribution in [2.24, 2.45) is 0 Å². The van der Waals surface area contributed by atoms with Crippen molar-refractivity contribution >= 4 is 40.1 Å². The number of imidazole rings is 1. The van der Waals surface area contributed by atoms with Crippen molar-refractivity contribution in [3.63, 3.8) is 0 Å². The molecule has 3 heterocycles. The number of ketones is 1. The third kappa shape index (κ3) is 7.38. The van der Waals surface area contributed by atoms with Crippen LogP contribution < -0.4 is 15.0 Å². The van der Waals surface area contributed by atoms with E-state index in [1.54, 1.807) is 26.0 Å². The first kappa shape index (κ1) is 31.6. The molecule has 4 N–H and O–H groups in total. The van der Waals surface area contributed by atoms with Gasteiger partial charge in [-0.05, 0) is 52.0 Å². The smallest absolute Gasteiger partial charge is 0.260 e. The Hall–Kier alpha value is -4.29. The van der Waals surface area contributed by atoms with Crippen LogP contribution in [0.4, 0.5) is 5.82 Å². The molecule has 12 nitrogen and oxygen atoms in total. The number of aliphatic hydroxyl groups is 1. The Balaban J connectivity index is 1.53. The van der Waals surface area contributed by atoms with Crippen molar-refractivity contribution in [1.29, 1.82) is 0 Å². The second-order valence-corrected chi connectivity index (χ2v) is 10.6. The molecule has 0 radical (unpaired) electrons. The quantitative estimate of drug-likeness (QED) is 0.153. The molecular formula is C30H37ClN7O5+. The van der Waals surface area contributed by atoms with E-state index in [2.05, 4.69) is 24.1 Å². The zero-order valence-corrected chi connectivity index (χ0v) is 25.5. The first-order chi connectivity index (χ1) is 20.5. The number of pyridine rings is 1. The lowest BCUT2D eigenvalue weighted by molar-refractivity contribution is -0.676. The van der Waals surface area contributed by atoms with Crippen LogP contribution in [-0.4, -0.2) is 65.6 Å². The zero-order valence-electron chi connectivity index (χ0n) is 24.7. The van der Waals surface area contributed by atoms with Crippen LogP contribution in [0.5, 0.6) is 11.5 Å². The molecule has 0 bridgehead atoms. The highest BCUT2D eigenvalue weighted by atomic mass is 35.5. The van der Waals surface area contributed by atoms with Crippen molar-refractivity contribution in [2.45, 2.75) is 66.3 Å². The number of carbonyl (C=O) groups is 2. The number of aromatic hydroxyl groups is 1. The predicted molar refractivity (Wildman–Crippen MR) is 161 cm³/mol. The Morgan fingerprint density at radius 2 is 1.98 bits per heavy atom. The highest BCUT2D eigenvalue weighted by Gasteiger charge is 2.26. The third-order valence-electron chi connectivity index (χ3n) is 7.02. The Labute approximate surface area is 254 Å². The molecule has 0 saturated carbocycles. The van der Waals surface area contributed by atoms with Crippen LogP contribution in [-0.2, 0) is 30.8 Å². The van der Waals surface area contributed by atoms with E-state index in [0.29, 0.717) is 36.6 Å². The van der Waals surface area contributed by atoms with Crippen LogP contribution in [0, 0.1) is 6.92 Å². The molecule has 0 fully saturated rings. The number of fused-ring (bicyclic) bond motifs is 1. The largest absolute Gasteiger partial charge is 0.506 e. The Kier molecular flexibility index (Phi) is 10.1. The van der Waals surface area contributed by atoms with Gasteiger partial charge in [-0.1, -0.05) is 11.6 Å². The fourth-order valence-electron chi connectivity index (χ4n) is 5.07. The monoisotopic (exact) mass is 610 g/mol. The van der Waals surface area contributed by atoms with Crippen LogP contribution >= 0.6 is 11.6 Å². The van der Waals surface area contributed by atoms with Crippen LogP contribution in [0.3, 0.4) is 0 Å². The molecule has 1 amide bonds. The highest BCUT2D eigenvalue weighted by Crippen LogP contribution is 2.24. The highest BCUT2D eigenvalue weighted by molar-refractivity contribution is 6.29. The normalized spacial score (nSPS) is 12.0. The number of ether oxygens (including phenoxy) is 1. The van der Waals surface area contributed by atoms with Gasteiger partial charge in [0.25, 0.3) is 11.7 Å². The number of benzene rings is 1. The van der Waals surface area contributed by atoms with E-state index < -0.39 is 6.10 Å². The van der Waals surface area contributed by atoms with E-state index in [1.165, 1.54) is 17.2 Å². The number of aromatic nitrogens is 5. The number of hydrogen-bond donors (Lipinski definition) is 3. The second kappa shape index (κ2) is 13.8. The molecule has 1 atom stereocenters. The lowest BCUT2D eigenvalue weighted by Crippen LogP contribution is -2.39. The third-order valence-corrected chi connectivity index (χ3v) is 7.21. The summed E-state index contributed by atoms with van der Waals surface area (Å²) in [5.41, 5.74) is 8.83. The summed E-state index contributed by atoms with van der Waals surface area (Å²) in [6.07, 6.45) is 1.12. The summed E-state index contributed by atoms with van der Waals surface area (Å²) in [6, 6.07) is 8.81. The molecule has 0 saturated heterocycles. The number of aliphatic hydroxyl groups excluding tert-OH is 1. The van der Waals surface area contributed by atoms with E-state index >= 15 is 0 Å². The molecule has 0 aliphatic rings. The number of anilines is 1. The number of nitrogens with zero attached hydrogens (tertiary/aromatic N) is 6. The molecule has 228 valence electrons. The zero-order chi connectivity index (χ0) is 31.3. The number of amides is 1. The molecule has 0 aliphatic carbocycles. The second-order valence-electron chi connectivity index (χ2n) is 10.2. The van der Waals surface area contributed by atoms with E-state index in [-0.39, 0.29) is 60.2 Å². The fraction of sp³-hybridized carbons (Fsp3) is 0.400. The average molecular weight is 611 g/mol. The molecular weight excluding hydrogens is 574 g/mol. The van der Waals surface area contributed by atoms with Gasteiger partial charge in [-0.15, -0.1) is 0 Å². The number of aryl methyl sites for hydroxylation is 3. The van der Waals surface area contributed by atoms with Gasteiger partial charge in [0.05, 0.1) is 38.4 Å². The minimum Gasteiger partial charge on any atom is -0.506 e. The Bertz CT molecular complexity index is 1640. The number of rotatable bonds is 13. The summed E-state index contributed by atoms with van der Waals surface area (Å²) in [4.78, 5) is 39.8. The lowest BCUT2D eigenvalue weighted by atomic mass is 10.1. The maximum Gasteiger partial charge on any atom is 0.260 e. The number of nitrogen functional groups attached to an aromatic ring is 1. The van der Waals surface area contributed by atoms with Gasteiger partial charge in [0.2, 0.25) is 0 Å². The van der Waals surface area contributed by atoms with Gasteiger partial charge in [0.15, 0.2) is 29.2 Å². The molecule has 0 unspecified atom stereocenters. The summed E-state index contributed by atoms with van der Waals surface area (Å²) in [5.74, 6) is 0.857. The molecule has 43 heavy (non-hydrogen) atoms. The van der Waals surface area contributed by atoms with Crippen molar-refractivity contribution in [2.75, 3.05) is 18.9 Å². The van der Waals surface area contributed by atoms with Gasteiger partial charge >= 0.3 is 0 Å². The minimum atomic E-state index is -0.780. The first-order valence-corrected chi connectivity index (χ1v) is 14.5. The van der Waals surface area contributed by atoms with Crippen molar-refractivity contribution < 1.29 is 29.1 Å². The lowest BCUT2D eigenvalue weighted by Gasteiger charge is -2.24. The van der Waals surface area contributed by atoms with E-state index in [9.17, 15) is 19.8 Å². The van der Waals surface area contributed by atoms with E-state index in [4.69, 9.17) is 22.1 Å². The van der Waals surface area contributed by atoms with Crippen LogP contribution in [0.15, 0.2) is 36.5 Å². The fourth-order valence-corrected chi connectivity index (χ4v) is 5.21. The number of carbonyl (C=O) groups excluding carboxylic acids is 2. The number of halogens is 1. The van der Waals surface area contributed by atoms with Gasteiger partial charge < -0.3 is 25.6 Å². The molecule has 4 aromatic rings. The summed E-state index contributed by atoms with van der Waals surface area (Å²) in [6.45, 7) is 8.57. The van der Waals surface area contributed by atoms with Crippen LogP contribution in [0.2, 0.25) is 5.15 Å². The average Bonchev–Trinajstić information content (AvgIpc) is 3.28. The van der Waals surface area contributed by atoms with Gasteiger partial charge in [-0.25, -0.2) is 19.1 Å². The van der Waals surface area contributed by atoms with Gasteiger partial charge in [-0.2, -0.15) is 0 Å². The van der Waals surface area contributed by atoms with Gasteiger partial charge in [0.1, 0.15) is 28.0 Å². The minimum absolute atomic E-state index is 0.0219. The Morgan fingerprint density at radius 3 is 2.67 bits per heavy atom. The number of Topliss-reactive ketones (excluding diaryl/α,β-unsaturated/α-hetero) is 1. The Morgan fingerprint density at radius 1 is 1.21 bits per heavy atom. The van der Waals surface area contributed by atoms with Crippen molar-refractivity contribution in [1.82, 2.24) is 24.4 Å². The van der Waals surface area contributed by atoms with Crippen molar-refractivity contribution in [3.8, 4) is 11.5 Å². The molecule has 0 spiro atoms. The van der Waals surface area contributed by atoms with Crippen molar-refractivity contribution in [3.05, 3.63) is 64.6 Å². The maximum absolute atomic E-state index is 13.2. The van der Waals surface area contributed by atoms with Gasteiger partial charge in [-0.3, -0.25) is 14.6 Å². The SMILES string of the molecule is CCn1c(CCC(=O)c2nc(Cl)cnc2N)[n+](CC)c2ccc(OCC(=O)N(Cc3nc(C)ccc3O)C[C@H](C)O)cc21. The number of hydrogen-bond acceptors (Lipinski definition) is 9. The maximum atomic E-state index is 13.2. The first-order valence-electron chi connectivity index (χ1n) is 14.1. The molecule has 13 heteroatoms. The number of nitrogens with two attached hydrogens (primary N) is 1. The summed E-state index contributed by atoms with van der Waals surface area (Å²) in [7, 11) is 0. The van der Waals surface area contributed by atoms with E-state index in [0.717, 1.165) is 16.9 Å². The summed E-state index contributed by atoms with van der Waals surface area (Å²) in [5, 5.41) is 20.3. The molecule has 0 aliphatic heterocycles. The standard InChI is InChI=1S/C30H36ClN7O5/c1-5-37-22-9-8-20(43-17-28(42)36(15-19(4)39)16-21-24(40)10-7-18(3)34-21)13-23(22)38(6-2)27(37)12-11-25(41)29-30(32)33-14-26(31)35-29/h7-10,13-14,19,39H,5-6,11-12,15-17H2,1-4H3,(H2-,32,33,40,41)/p+1/t19-/m0/s1.